The van der Waals surface area contributed by atoms with Gasteiger partial charge in [0.15, 0.2) is 0 Å². The van der Waals surface area contributed by atoms with Gasteiger partial charge >= 0.3 is 0 Å². The van der Waals surface area contributed by atoms with Crippen LogP contribution in [0.5, 0.6) is 0 Å². The third kappa shape index (κ3) is 3.48. The summed E-state index contributed by atoms with van der Waals surface area (Å²) in [5.74, 6) is 0. The average molecular weight is 286 g/mol. The zero-order valence-electron chi connectivity index (χ0n) is 11.7. The van der Waals surface area contributed by atoms with Crippen LogP contribution in [0.3, 0.4) is 0 Å². The Bertz CT molecular complexity index is 487. The Balaban J connectivity index is 1.79. The molecular formula is C17H22N2S. The normalized spacial score (nSPS) is 21.3. The van der Waals surface area contributed by atoms with E-state index < -0.39 is 0 Å². The third-order valence-corrected chi connectivity index (χ3v) is 4.88. The first kappa shape index (κ1) is 13.8. The molecule has 2 unspecified atom stereocenters. The van der Waals surface area contributed by atoms with Crippen LogP contribution in [-0.4, -0.2) is 19.1 Å². The summed E-state index contributed by atoms with van der Waals surface area (Å²) in [4.78, 5) is 1.41. The van der Waals surface area contributed by atoms with E-state index in [2.05, 4.69) is 58.5 Å². The van der Waals surface area contributed by atoms with Crippen molar-refractivity contribution in [3.05, 3.63) is 58.3 Å². The maximum Gasteiger partial charge on any atom is 0.0673 e. The highest BCUT2D eigenvalue weighted by atomic mass is 32.1. The number of rotatable bonds is 4. The zero-order chi connectivity index (χ0) is 13.6. The second-order valence-corrected chi connectivity index (χ2v) is 6.38. The quantitative estimate of drug-likeness (QED) is 0.898. The first-order valence-corrected chi connectivity index (χ1v) is 8.36. The molecule has 0 aliphatic carbocycles. The minimum Gasteiger partial charge on any atom is -0.317 e. The topological polar surface area (TPSA) is 24.1 Å². The molecule has 2 heterocycles. The van der Waals surface area contributed by atoms with E-state index in [-0.39, 0.29) is 0 Å². The van der Waals surface area contributed by atoms with Gasteiger partial charge < -0.3 is 10.6 Å². The average Bonchev–Trinajstić information content (AvgIpc) is 2.90. The predicted octanol–water partition coefficient (Wildman–Crippen LogP) is 3.57. The summed E-state index contributed by atoms with van der Waals surface area (Å²) in [6.07, 6.45) is 3.75. The molecule has 1 fully saturated rings. The summed E-state index contributed by atoms with van der Waals surface area (Å²) >= 11 is 1.84. The van der Waals surface area contributed by atoms with Crippen LogP contribution >= 0.6 is 11.3 Å². The number of hydrogen-bond donors (Lipinski definition) is 2. The van der Waals surface area contributed by atoms with Crippen LogP contribution in [0.1, 0.15) is 35.7 Å². The monoisotopic (exact) mass is 286 g/mol. The van der Waals surface area contributed by atoms with Gasteiger partial charge in [-0.25, -0.2) is 0 Å². The molecule has 2 aromatic rings. The van der Waals surface area contributed by atoms with Gasteiger partial charge in [-0.3, -0.25) is 0 Å². The molecule has 2 atom stereocenters. The second kappa shape index (κ2) is 7.02. The number of nitrogens with one attached hydrogen (secondary N) is 2. The molecule has 0 radical (unpaired) electrons. The van der Waals surface area contributed by atoms with E-state index in [0.29, 0.717) is 12.1 Å². The molecule has 1 aromatic carbocycles. The molecule has 1 aromatic heterocycles. The van der Waals surface area contributed by atoms with E-state index in [9.17, 15) is 0 Å². The SMILES string of the molecule is c1ccc(C(NC2CCCNCC2)c2cccs2)cc1. The van der Waals surface area contributed by atoms with Crippen molar-refractivity contribution in [2.75, 3.05) is 13.1 Å². The fourth-order valence-electron chi connectivity index (χ4n) is 2.87. The number of benzene rings is 1. The summed E-state index contributed by atoms with van der Waals surface area (Å²) in [6.45, 7) is 2.29. The molecule has 2 N–H and O–H groups in total. The lowest BCUT2D eigenvalue weighted by Crippen LogP contribution is -2.33. The van der Waals surface area contributed by atoms with Gasteiger partial charge in [-0.15, -0.1) is 11.3 Å². The highest BCUT2D eigenvalue weighted by Crippen LogP contribution is 2.27. The summed E-state index contributed by atoms with van der Waals surface area (Å²) in [6, 6.07) is 16.1. The van der Waals surface area contributed by atoms with Crippen molar-refractivity contribution in [2.45, 2.75) is 31.3 Å². The Kier molecular flexibility index (Phi) is 4.85. The Labute approximate surface area is 125 Å². The molecular weight excluding hydrogens is 264 g/mol. The van der Waals surface area contributed by atoms with Gasteiger partial charge in [0.05, 0.1) is 6.04 Å². The molecule has 1 saturated heterocycles. The molecule has 106 valence electrons. The van der Waals surface area contributed by atoms with Crippen LogP contribution in [0.25, 0.3) is 0 Å². The molecule has 0 amide bonds. The van der Waals surface area contributed by atoms with Crippen LogP contribution in [0.2, 0.25) is 0 Å². The van der Waals surface area contributed by atoms with Crippen molar-refractivity contribution >= 4 is 11.3 Å². The molecule has 2 nitrogen and oxygen atoms in total. The highest BCUT2D eigenvalue weighted by molar-refractivity contribution is 7.10. The standard InChI is InChI=1S/C17H22N2S/c1-2-6-14(7-3-1)17(16-9-5-13-20-16)19-15-8-4-11-18-12-10-15/h1-3,5-7,9,13,15,17-19H,4,8,10-12H2. The first-order valence-electron chi connectivity index (χ1n) is 7.48. The highest BCUT2D eigenvalue weighted by Gasteiger charge is 2.20. The van der Waals surface area contributed by atoms with Gasteiger partial charge in [0, 0.05) is 10.9 Å². The summed E-state index contributed by atoms with van der Waals surface area (Å²) < 4.78 is 0. The lowest BCUT2D eigenvalue weighted by molar-refractivity contribution is 0.438. The van der Waals surface area contributed by atoms with Crippen LogP contribution in [0, 0.1) is 0 Å². The van der Waals surface area contributed by atoms with Gasteiger partial charge in [-0.2, -0.15) is 0 Å². The van der Waals surface area contributed by atoms with E-state index in [1.54, 1.807) is 0 Å². The van der Waals surface area contributed by atoms with E-state index in [1.165, 1.54) is 29.7 Å². The van der Waals surface area contributed by atoms with E-state index in [1.807, 2.05) is 11.3 Å². The fourth-order valence-corrected chi connectivity index (χ4v) is 3.68. The molecule has 20 heavy (non-hydrogen) atoms. The van der Waals surface area contributed by atoms with Crippen molar-refractivity contribution in [3.63, 3.8) is 0 Å². The second-order valence-electron chi connectivity index (χ2n) is 5.40. The molecule has 0 spiro atoms. The summed E-state index contributed by atoms with van der Waals surface area (Å²) in [7, 11) is 0. The van der Waals surface area contributed by atoms with Crippen molar-refractivity contribution in [1.29, 1.82) is 0 Å². The van der Waals surface area contributed by atoms with Crippen molar-refractivity contribution in [2.24, 2.45) is 0 Å². The van der Waals surface area contributed by atoms with E-state index >= 15 is 0 Å². The lowest BCUT2D eigenvalue weighted by Gasteiger charge is -2.24. The molecule has 1 aliphatic rings. The Hall–Kier alpha value is -1.16. The van der Waals surface area contributed by atoms with Crippen molar-refractivity contribution in [1.82, 2.24) is 10.6 Å². The van der Waals surface area contributed by atoms with Gasteiger partial charge in [0.1, 0.15) is 0 Å². The summed E-state index contributed by atoms with van der Waals surface area (Å²) in [5, 5.41) is 9.54. The van der Waals surface area contributed by atoms with Crippen molar-refractivity contribution < 1.29 is 0 Å². The number of hydrogen-bond acceptors (Lipinski definition) is 3. The molecule has 0 bridgehead atoms. The van der Waals surface area contributed by atoms with Gasteiger partial charge in [0.2, 0.25) is 0 Å². The predicted molar refractivity (Wildman–Crippen MR) is 86.2 cm³/mol. The molecule has 0 saturated carbocycles. The summed E-state index contributed by atoms with van der Waals surface area (Å²) in [5.41, 5.74) is 1.37. The minimum atomic E-state index is 0.333. The lowest BCUT2D eigenvalue weighted by atomic mass is 10.0. The Morgan fingerprint density at radius 1 is 1.05 bits per heavy atom. The maximum atomic E-state index is 3.89. The molecule has 3 rings (SSSR count). The first-order chi connectivity index (χ1) is 9.93. The van der Waals surface area contributed by atoms with Crippen LogP contribution in [0.15, 0.2) is 47.8 Å². The van der Waals surface area contributed by atoms with Crippen LogP contribution in [0.4, 0.5) is 0 Å². The third-order valence-electron chi connectivity index (χ3n) is 3.94. The smallest absolute Gasteiger partial charge is 0.0673 e. The van der Waals surface area contributed by atoms with E-state index in [0.717, 1.165) is 13.1 Å². The molecule has 3 heteroatoms. The maximum absolute atomic E-state index is 3.89. The Morgan fingerprint density at radius 3 is 2.75 bits per heavy atom. The van der Waals surface area contributed by atoms with Crippen LogP contribution < -0.4 is 10.6 Å². The number of thiophene rings is 1. The van der Waals surface area contributed by atoms with Gasteiger partial charge in [0.25, 0.3) is 0 Å². The van der Waals surface area contributed by atoms with Gasteiger partial charge in [-0.05, 0) is 49.4 Å². The van der Waals surface area contributed by atoms with Crippen molar-refractivity contribution in [3.8, 4) is 0 Å². The van der Waals surface area contributed by atoms with Gasteiger partial charge in [-0.1, -0.05) is 36.4 Å². The van der Waals surface area contributed by atoms with Crippen LogP contribution in [-0.2, 0) is 0 Å². The van der Waals surface area contributed by atoms with E-state index in [4.69, 9.17) is 0 Å². The zero-order valence-corrected chi connectivity index (χ0v) is 12.5. The molecule has 1 aliphatic heterocycles. The fraction of sp³-hybridized carbons (Fsp3) is 0.412. The Morgan fingerprint density at radius 2 is 1.95 bits per heavy atom. The largest absolute Gasteiger partial charge is 0.317 e. The minimum absolute atomic E-state index is 0.333.